The first-order valence-corrected chi connectivity index (χ1v) is 23.8. The average molecular weight is 897 g/mol. The van der Waals surface area contributed by atoms with Gasteiger partial charge in [0.25, 0.3) is 0 Å². The topological polar surface area (TPSA) is 77.3 Å². The van der Waals surface area contributed by atoms with Gasteiger partial charge in [-0.25, -0.2) is 29.9 Å². The number of nitrogens with zero attached hydrogens (tertiary/aromatic N) is 6. The molecule has 2 heterocycles. The molecule has 6 nitrogen and oxygen atoms in total. The molecule has 6 heteroatoms. The van der Waals surface area contributed by atoms with Crippen LogP contribution in [0.1, 0.15) is 47.2 Å². The lowest BCUT2D eigenvalue weighted by Crippen LogP contribution is -2.40. The van der Waals surface area contributed by atoms with E-state index in [9.17, 15) is 0 Å². The number of hydrogen-bond donors (Lipinski definition) is 0. The Morgan fingerprint density at radius 3 is 1.13 bits per heavy atom. The summed E-state index contributed by atoms with van der Waals surface area (Å²) < 4.78 is 0. The molecule has 11 aromatic rings. The molecular weight excluding hydrogens is 853 g/mol. The molecule has 330 valence electrons. The van der Waals surface area contributed by atoms with E-state index in [2.05, 4.69) is 184 Å². The summed E-state index contributed by atoms with van der Waals surface area (Å²) in [5.41, 5.74) is 16.3. The summed E-state index contributed by atoms with van der Waals surface area (Å²) in [7, 11) is 0. The minimum atomic E-state index is -0.673. The van der Waals surface area contributed by atoms with Crippen molar-refractivity contribution in [2.75, 3.05) is 0 Å². The van der Waals surface area contributed by atoms with E-state index in [0.717, 1.165) is 55.6 Å². The number of fused-ring (bicyclic) bond motifs is 9. The van der Waals surface area contributed by atoms with Gasteiger partial charge in [-0.05, 0) is 61.7 Å². The number of aromatic nitrogens is 6. The van der Waals surface area contributed by atoms with Crippen LogP contribution < -0.4 is 0 Å². The van der Waals surface area contributed by atoms with Crippen LogP contribution >= 0.6 is 0 Å². The molecule has 2 aliphatic rings. The lowest BCUT2D eigenvalue weighted by molar-refractivity contribution is 0.563. The van der Waals surface area contributed by atoms with Crippen molar-refractivity contribution in [3.05, 3.63) is 264 Å². The molecule has 0 N–H and O–H groups in total. The predicted molar refractivity (Wildman–Crippen MR) is 281 cm³/mol. The molecule has 0 unspecified atom stereocenters. The van der Waals surface area contributed by atoms with Gasteiger partial charge in [0.05, 0.1) is 5.41 Å². The van der Waals surface area contributed by atoms with Crippen molar-refractivity contribution in [2.45, 2.75) is 24.7 Å². The fourth-order valence-electron chi connectivity index (χ4n) is 11.1. The Morgan fingerprint density at radius 2 is 0.614 bits per heavy atom. The summed E-state index contributed by atoms with van der Waals surface area (Å²) in [4.78, 5) is 31.7. The van der Waals surface area contributed by atoms with E-state index in [1.54, 1.807) is 0 Å². The second-order valence-electron chi connectivity index (χ2n) is 18.6. The van der Waals surface area contributed by atoms with Crippen molar-refractivity contribution in [3.8, 4) is 90.6 Å². The van der Waals surface area contributed by atoms with Crippen LogP contribution in [0.25, 0.3) is 90.6 Å². The van der Waals surface area contributed by atoms with E-state index in [1.807, 2.05) is 60.7 Å². The van der Waals surface area contributed by atoms with Crippen LogP contribution in [0.2, 0.25) is 0 Å². The Labute approximate surface area is 407 Å². The van der Waals surface area contributed by atoms with Crippen molar-refractivity contribution in [2.24, 2.45) is 0 Å². The zero-order valence-corrected chi connectivity index (χ0v) is 38.6. The molecular formula is C64H44N6. The van der Waals surface area contributed by atoms with E-state index in [1.165, 1.54) is 33.4 Å². The fourth-order valence-corrected chi connectivity index (χ4v) is 11.1. The van der Waals surface area contributed by atoms with Gasteiger partial charge in [0, 0.05) is 38.8 Å². The Balaban J connectivity index is 1.11. The SMILES string of the molecule is CC1(C)c2ccccc2C2(c3ccc(-c4nc(-c5ccccc5)nc(-c5ccccc5-c5ccccc5)n4)cc3-c3c(-c4nc(-c5ccccc5)nc(-c5ccccc5)n4)cccc32)c2ccccc21. The predicted octanol–water partition coefficient (Wildman–Crippen LogP) is 14.7. The molecule has 2 aromatic heterocycles. The fraction of sp³-hybridized carbons (Fsp3) is 0.0625. The first-order chi connectivity index (χ1) is 34.5. The summed E-state index contributed by atoms with van der Waals surface area (Å²) in [6.07, 6.45) is 0. The van der Waals surface area contributed by atoms with Crippen LogP contribution in [0.15, 0.2) is 231 Å². The van der Waals surface area contributed by atoms with E-state index in [4.69, 9.17) is 29.9 Å². The second-order valence-corrected chi connectivity index (χ2v) is 18.6. The highest BCUT2D eigenvalue weighted by Gasteiger charge is 2.54. The molecule has 70 heavy (non-hydrogen) atoms. The Bertz CT molecular complexity index is 3690. The van der Waals surface area contributed by atoms with Gasteiger partial charge >= 0.3 is 0 Å². The van der Waals surface area contributed by atoms with E-state index < -0.39 is 5.41 Å². The molecule has 0 saturated carbocycles. The lowest BCUT2D eigenvalue weighted by Gasteiger charge is -2.46. The van der Waals surface area contributed by atoms with Gasteiger partial charge < -0.3 is 0 Å². The van der Waals surface area contributed by atoms with Gasteiger partial charge in [-0.2, -0.15) is 0 Å². The molecule has 0 amide bonds. The highest BCUT2D eigenvalue weighted by atomic mass is 15.0. The van der Waals surface area contributed by atoms with E-state index in [0.29, 0.717) is 34.9 Å². The first-order valence-electron chi connectivity index (χ1n) is 23.8. The largest absolute Gasteiger partial charge is 0.208 e. The summed E-state index contributed by atoms with van der Waals surface area (Å²) in [6, 6.07) is 80.9. The maximum Gasteiger partial charge on any atom is 0.164 e. The molecule has 1 spiro atoms. The van der Waals surface area contributed by atoms with Crippen LogP contribution in [0, 0.1) is 0 Å². The summed E-state index contributed by atoms with van der Waals surface area (Å²) in [5, 5.41) is 0. The van der Waals surface area contributed by atoms with Crippen molar-refractivity contribution < 1.29 is 0 Å². The van der Waals surface area contributed by atoms with Crippen molar-refractivity contribution >= 4 is 0 Å². The molecule has 0 saturated heterocycles. The third-order valence-electron chi connectivity index (χ3n) is 14.3. The molecule has 0 bridgehead atoms. The van der Waals surface area contributed by atoms with Gasteiger partial charge in [-0.1, -0.05) is 238 Å². The third kappa shape index (κ3) is 6.48. The van der Waals surface area contributed by atoms with Gasteiger partial charge in [0.2, 0.25) is 0 Å². The summed E-state index contributed by atoms with van der Waals surface area (Å²) in [6.45, 7) is 4.71. The molecule has 13 rings (SSSR count). The molecule has 9 aromatic carbocycles. The summed E-state index contributed by atoms with van der Waals surface area (Å²) >= 11 is 0. The van der Waals surface area contributed by atoms with Crippen molar-refractivity contribution in [1.29, 1.82) is 0 Å². The van der Waals surface area contributed by atoms with Gasteiger partial charge in [-0.15, -0.1) is 0 Å². The van der Waals surface area contributed by atoms with Crippen LogP contribution in [0.4, 0.5) is 0 Å². The van der Waals surface area contributed by atoms with Gasteiger partial charge in [-0.3, -0.25) is 0 Å². The third-order valence-corrected chi connectivity index (χ3v) is 14.3. The van der Waals surface area contributed by atoms with Gasteiger partial charge in [0.1, 0.15) is 0 Å². The van der Waals surface area contributed by atoms with Crippen LogP contribution in [-0.2, 0) is 10.8 Å². The highest BCUT2D eigenvalue weighted by molar-refractivity contribution is 5.97. The summed E-state index contributed by atoms with van der Waals surface area (Å²) in [5.74, 6) is 3.61. The zero-order valence-electron chi connectivity index (χ0n) is 38.6. The molecule has 0 atom stereocenters. The first kappa shape index (κ1) is 41.2. The quantitative estimate of drug-likeness (QED) is 0.159. The maximum absolute atomic E-state index is 5.38. The zero-order chi connectivity index (χ0) is 46.8. The molecule has 0 fully saturated rings. The lowest BCUT2D eigenvalue weighted by atomic mass is 9.55. The monoisotopic (exact) mass is 896 g/mol. The average Bonchev–Trinajstić information content (AvgIpc) is 3.74. The standard InChI is InChI=1S/C64H44N6/c1-63(2)51-33-17-19-35-53(51)64(54-36-20-18-34-52(54)63)50-39-38-45(60-66-59(44-28-13-6-14-29-44)67-61(70-60)47-31-16-15-30-46(47)41-22-7-3-8-23-41)40-49(50)56-48(32-21-37-55(56)64)62-68-57(42-24-9-4-10-25-42)65-58(69-62)43-26-11-5-12-27-43/h3-40H,1-2H3. The van der Waals surface area contributed by atoms with Crippen LogP contribution in [-0.4, -0.2) is 29.9 Å². The Morgan fingerprint density at radius 1 is 0.243 bits per heavy atom. The van der Waals surface area contributed by atoms with E-state index in [-0.39, 0.29) is 5.41 Å². The number of benzene rings is 9. The highest BCUT2D eigenvalue weighted by Crippen LogP contribution is 2.63. The van der Waals surface area contributed by atoms with E-state index >= 15 is 0 Å². The minimum Gasteiger partial charge on any atom is -0.208 e. The normalized spacial score (nSPS) is 13.5. The minimum absolute atomic E-state index is 0.257. The molecule has 2 aliphatic carbocycles. The Kier molecular flexibility index (Phi) is 9.63. The Hall–Kier alpha value is -9.00. The van der Waals surface area contributed by atoms with Crippen LogP contribution in [0.5, 0.6) is 0 Å². The number of rotatable bonds is 7. The van der Waals surface area contributed by atoms with Gasteiger partial charge in [0.15, 0.2) is 34.9 Å². The van der Waals surface area contributed by atoms with Crippen molar-refractivity contribution in [3.63, 3.8) is 0 Å². The maximum atomic E-state index is 5.38. The van der Waals surface area contributed by atoms with Crippen molar-refractivity contribution in [1.82, 2.24) is 29.9 Å². The smallest absolute Gasteiger partial charge is 0.164 e. The van der Waals surface area contributed by atoms with Crippen LogP contribution in [0.3, 0.4) is 0 Å². The molecule has 0 aliphatic heterocycles. The number of hydrogen-bond acceptors (Lipinski definition) is 6. The molecule has 0 radical (unpaired) electrons. The second kappa shape index (κ2) is 16.4.